The van der Waals surface area contributed by atoms with Gasteiger partial charge < -0.3 is 9.29 Å². The number of rotatable bonds is 7. The van der Waals surface area contributed by atoms with Crippen molar-refractivity contribution in [2.75, 3.05) is 19.6 Å². The molecule has 0 bridgehead atoms. The molecule has 39 heavy (non-hydrogen) atoms. The van der Waals surface area contributed by atoms with Gasteiger partial charge >= 0.3 is 6.11 Å². The van der Waals surface area contributed by atoms with E-state index in [1.54, 1.807) is 58.2 Å². The average Bonchev–Trinajstić information content (AvgIpc) is 3.36. The maximum atomic E-state index is 14.5. The Morgan fingerprint density at radius 1 is 0.897 bits per heavy atom. The second-order valence-corrected chi connectivity index (χ2v) is 10.6. The zero-order valence-corrected chi connectivity index (χ0v) is 21.7. The first kappa shape index (κ1) is 25.5. The topological polar surface area (TPSA) is 82.8 Å². The summed E-state index contributed by atoms with van der Waals surface area (Å²) in [5.41, 5.74) is 3.73. The number of fused-ring (bicyclic) bond motifs is 2. The minimum atomic E-state index is -3.27. The molecule has 1 fully saturated rings. The molecule has 0 radical (unpaired) electrons. The molecule has 0 spiro atoms. The van der Waals surface area contributed by atoms with Gasteiger partial charge in [0.15, 0.2) is 5.65 Å². The molecule has 1 aliphatic rings. The largest absolute Gasteiger partial charge is 0.768 e. The van der Waals surface area contributed by atoms with E-state index in [1.807, 2.05) is 18.3 Å². The molecule has 1 saturated heterocycles. The van der Waals surface area contributed by atoms with Crippen LogP contribution in [0.5, 0.6) is 5.75 Å². The third kappa shape index (κ3) is 5.27. The normalized spacial score (nSPS) is 15.6. The summed E-state index contributed by atoms with van der Waals surface area (Å²) >= 11 is -2.36. The molecule has 0 saturated carbocycles. The van der Waals surface area contributed by atoms with Crippen LogP contribution in [-0.4, -0.2) is 54.0 Å². The number of likely N-dealkylation sites (tertiary alicyclic amines) is 1. The number of aromatic nitrogens is 3. The van der Waals surface area contributed by atoms with Crippen molar-refractivity contribution in [1.82, 2.24) is 19.5 Å². The van der Waals surface area contributed by atoms with Gasteiger partial charge in [0, 0.05) is 28.4 Å². The molecule has 6 rings (SSSR count). The highest BCUT2D eigenvalue weighted by molar-refractivity contribution is 7.79. The highest BCUT2D eigenvalue weighted by Gasteiger charge is 2.34. The lowest BCUT2D eigenvalue weighted by atomic mass is 10.00. The van der Waals surface area contributed by atoms with Gasteiger partial charge in [-0.3, -0.25) is 9.11 Å². The number of benzene rings is 3. The Kier molecular flexibility index (Phi) is 6.84. The van der Waals surface area contributed by atoms with E-state index in [0.29, 0.717) is 24.1 Å². The fraction of sp³-hybridized carbons (Fsp3) is 0.241. The van der Waals surface area contributed by atoms with Gasteiger partial charge in [-0.05, 0) is 77.1 Å². The van der Waals surface area contributed by atoms with Crippen molar-refractivity contribution in [1.29, 1.82) is 0 Å². The Morgan fingerprint density at radius 2 is 1.64 bits per heavy atom. The number of ether oxygens (including phenoxy) is 1. The molecule has 2 aromatic heterocycles. The number of hydrogen-bond donors (Lipinski definition) is 0. The molecule has 0 amide bonds. The molecule has 0 aliphatic carbocycles. The van der Waals surface area contributed by atoms with Crippen LogP contribution in [0.2, 0.25) is 0 Å². The summed E-state index contributed by atoms with van der Waals surface area (Å²) in [5, 5.41) is 5.88. The van der Waals surface area contributed by atoms with E-state index in [1.165, 1.54) is 12.1 Å². The van der Waals surface area contributed by atoms with Crippen molar-refractivity contribution >= 4 is 27.5 Å². The van der Waals surface area contributed by atoms with Gasteiger partial charge in [-0.15, -0.1) is 0 Å². The third-order valence-electron chi connectivity index (χ3n) is 7.02. The number of nitrogens with zero attached hydrogens (tertiary/aromatic N) is 4. The molecule has 10 heteroatoms. The summed E-state index contributed by atoms with van der Waals surface area (Å²) in [6.07, 6.45) is 4.90. The molecule has 1 atom stereocenters. The molecular weight excluding hydrogens is 522 g/mol. The molecule has 5 aromatic rings. The summed E-state index contributed by atoms with van der Waals surface area (Å²) in [7, 11) is 0. The molecule has 7 nitrogen and oxygen atoms in total. The van der Waals surface area contributed by atoms with Crippen LogP contribution in [0.1, 0.15) is 19.3 Å². The van der Waals surface area contributed by atoms with E-state index in [9.17, 15) is 17.5 Å². The van der Waals surface area contributed by atoms with Crippen LogP contribution < -0.4 is 4.74 Å². The second kappa shape index (κ2) is 10.4. The van der Waals surface area contributed by atoms with Gasteiger partial charge in [0.05, 0.1) is 6.20 Å². The standard InChI is InChI=1S/C29H26F2N4O3S/c30-29(31,19-34-14-4-1-5-15-34)38-22-10-8-20(9-11-22)21-16-32-28-26(17-33-35(28)18-21)24-12-13-27(39(36)37)25-7-3-2-6-23(24)25/h2-3,6-13,16-18H,1,4-5,14-15,19H2,(H,36,37)/p-1. The smallest absolute Gasteiger partial charge is 0.410 e. The molecule has 1 unspecified atom stereocenters. The molecular formula is C29H25F2N4O3S-. The fourth-order valence-electron chi connectivity index (χ4n) is 5.16. The minimum absolute atomic E-state index is 0.102. The molecule has 1 aliphatic heterocycles. The lowest BCUT2D eigenvalue weighted by Crippen LogP contribution is -2.43. The van der Waals surface area contributed by atoms with E-state index in [0.717, 1.165) is 46.9 Å². The van der Waals surface area contributed by atoms with Crippen LogP contribution in [0.4, 0.5) is 8.78 Å². The summed E-state index contributed by atoms with van der Waals surface area (Å²) < 4.78 is 59.0. The number of alkyl halides is 2. The summed E-state index contributed by atoms with van der Waals surface area (Å²) in [6, 6.07) is 17.2. The number of hydrogen-bond acceptors (Lipinski definition) is 6. The summed E-state index contributed by atoms with van der Waals surface area (Å²) in [4.78, 5) is 6.61. The highest BCUT2D eigenvalue weighted by atomic mass is 32.2. The zero-order valence-electron chi connectivity index (χ0n) is 20.9. The van der Waals surface area contributed by atoms with Crippen LogP contribution in [0.15, 0.2) is 84.1 Å². The quantitative estimate of drug-likeness (QED) is 0.236. The maximum Gasteiger partial charge on any atom is 0.410 e. The van der Waals surface area contributed by atoms with Crippen molar-refractivity contribution in [2.45, 2.75) is 30.3 Å². The summed E-state index contributed by atoms with van der Waals surface area (Å²) in [5.74, 6) is 0.102. The lowest BCUT2D eigenvalue weighted by Gasteiger charge is -2.30. The Hall–Kier alpha value is -3.73. The average molecular weight is 548 g/mol. The summed E-state index contributed by atoms with van der Waals surface area (Å²) in [6.45, 7) is 0.930. The van der Waals surface area contributed by atoms with Gasteiger partial charge in [0.25, 0.3) is 0 Å². The third-order valence-corrected chi connectivity index (χ3v) is 7.74. The van der Waals surface area contributed by atoms with Gasteiger partial charge in [-0.1, -0.05) is 48.9 Å². The predicted octanol–water partition coefficient (Wildman–Crippen LogP) is 5.91. The van der Waals surface area contributed by atoms with Crippen molar-refractivity contribution in [3.8, 4) is 28.0 Å². The lowest BCUT2D eigenvalue weighted by molar-refractivity contribution is -0.189. The first-order valence-corrected chi connectivity index (χ1v) is 13.8. The first-order chi connectivity index (χ1) is 18.9. The Labute approximate surface area is 226 Å². The fourth-order valence-corrected chi connectivity index (χ4v) is 5.70. The SMILES string of the molecule is O=S([O-])c1ccc(-c2cnn3cc(-c4ccc(OC(F)(F)CN5CCCCC5)cc4)cnc23)c2ccccc12. The van der Waals surface area contributed by atoms with Crippen LogP contribution in [0, 0.1) is 0 Å². The van der Waals surface area contributed by atoms with E-state index >= 15 is 0 Å². The van der Waals surface area contributed by atoms with E-state index < -0.39 is 23.7 Å². The van der Waals surface area contributed by atoms with Crippen LogP contribution in [0.25, 0.3) is 38.7 Å². The molecule has 0 N–H and O–H groups in total. The Morgan fingerprint density at radius 3 is 2.38 bits per heavy atom. The van der Waals surface area contributed by atoms with Gasteiger partial charge in [-0.2, -0.15) is 13.9 Å². The molecule has 3 aromatic carbocycles. The van der Waals surface area contributed by atoms with Crippen molar-refractivity contribution < 1.29 is 22.3 Å². The number of piperidine rings is 1. The van der Waals surface area contributed by atoms with Crippen molar-refractivity contribution in [3.63, 3.8) is 0 Å². The monoisotopic (exact) mass is 547 g/mol. The van der Waals surface area contributed by atoms with Crippen molar-refractivity contribution in [3.05, 3.63) is 79.3 Å². The Balaban J connectivity index is 1.25. The van der Waals surface area contributed by atoms with Crippen LogP contribution >= 0.6 is 0 Å². The molecule has 3 heterocycles. The van der Waals surface area contributed by atoms with E-state index in [4.69, 9.17) is 4.74 Å². The second-order valence-electron chi connectivity index (χ2n) is 9.66. The highest BCUT2D eigenvalue weighted by Crippen LogP contribution is 2.34. The Bertz CT molecular complexity index is 1670. The van der Waals surface area contributed by atoms with Crippen LogP contribution in [-0.2, 0) is 11.1 Å². The van der Waals surface area contributed by atoms with Gasteiger partial charge in [-0.25, -0.2) is 9.50 Å². The van der Waals surface area contributed by atoms with Crippen LogP contribution in [0.3, 0.4) is 0 Å². The first-order valence-electron chi connectivity index (χ1n) is 12.7. The molecule has 200 valence electrons. The van der Waals surface area contributed by atoms with Gasteiger partial charge in [0.1, 0.15) is 12.3 Å². The van der Waals surface area contributed by atoms with Crippen molar-refractivity contribution in [2.24, 2.45) is 0 Å². The zero-order chi connectivity index (χ0) is 27.0. The maximum absolute atomic E-state index is 14.5. The van der Waals surface area contributed by atoms with E-state index in [-0.39, 0.29) is 10.6 Å². The van der Waals surface area contributed by atoms with E-state index in [2.05, 4.69) is 10.1 Å². The predicted molar refractivity (Wildman–Crippen MR) is 144 cm³/mol. The van der Waals surface area contributed by atoms with Gasteiger partial charge in [0.2, 0.25) is 0 Å². The minimum Gasteiger partial charge on any atom is -0.768 e. The number of halogens is 2.